The zero-order valence-corrected chi connectivity index (χ0v) is 11.4. The number of thiol groups is 1. The molecular formula is C9H14N2O6S2. The third-order valence-corrected chi connectivity index (χ3v) is 2.66. The van der Waals surface area contributed by atoms with Crippen molar-refractivity contribution in [2.75, 3.05) is 6.54 Å². The molecule has 0 radical (unpaired) electrons. The summed E-state index contributed by atoms with van der Waals surface area (Å²) in [5.41, 5.74) is 0. The summed E-state index contributed by atoms with van der Waals surface area (Å²) >= 11 is 8.53. The van der Waals surface area contributed by atoms with Crippen LogP contribution in [0.25, 0.3) is 0 Å². The Morgan fingerprint density at radius 1 is 1.16 bits per heavy atom. The lowest BCUT2D eigenvalue weighted by Crippen LogP contribution is -2.47. The van der Waals surface area contributed by atoms with Gasteiger partial charge in [-0.05, 0) is 18.6 Å². The molecule has 0 saturated heterocycles. The number of carboxylic acids is 3. The van der Waals surface area contributed by atoms with Gasteiger partial charge >= 0.3 is 17.9 Å². The van der Waals surface area contributed by atoms with Crippen LogP contribution < -0.4 is 10.6 Å². The van der Waals surface area contributed by atoms with Gasteiger partial charge in [0.1, 0.15) is 11.3 Å². The highest BCUT2D eigenvalue weighted by molar-refractivity contribution is 7.81. The Hall–Kier alpha value is -1.55. The first-order valence-corrected chi connectivity index (χ1v) is 6.06. The van der Waals surface area contributed by atoms with Crippen molar-refractivity contribution in [2.45, 2.75) is 24.1 Å². The van der Waals surface area contributed by atoms with Crippen LogP contribution in [0.3, 0.4) is 0 Å². The van der Waals surface area contributed by atoms with Gasteiger partial charge in [-0.1, -0.05) is 0 Å². The molecule has 5 N–H and O–H groups in total. The Morgan fingerprint density at radius 2 is 1.74 bits per heavy atom. The fourth-order valence-electron chi connectivity index (χ4n) is 1.01. The van der Waals surface area contributed by atoms with Crippen molar-refractivity contribution in [3.63, 3.8) is 0 Å². The molecule has 8 nitrogen and oxygen atoms in total. The van der Waals surface area contributed by atoms with E-state index in [0.717, 1.165) is 0 Å². The summed E-state index contributed by atoms with van der Waals surface area (Å²) in [6, 6.07) is -1.15. The van der Waals surface area contributed by atoms with Crippen molar-refractivity contribution < 1.29 is 29.7 Å². The monoisotopic (exact) mass is 310 g/mol. The average molecular weight is 310 g/mol. The van der Waals surface area contributed by atoms with Gasteiger partial charge < -0.3 is 26.0 Å². The van der Waals surface area contributed by atoms with Crippen molar-refractivity contribution in [1.82, 2.24) is 10.6 Å². The Bertz CT molecular complexity index is 376. The number of carbonyl (C=O) groups is 3. The largest absolute Gasteiger partial charge is 0.481 e. The second kappa shape index (κ2) is 8.53. The van der Waals surface area contributed by atoms with Gasteiger partial charge in [-0.15, -0.1) is 0 Å². The maximum Gasteiger partial charge on any atom is 0.326 e. The number of thiocarbonyl (C=S) groups is 1. The van der Waals surface area contributed by atoms with E-state index in [1.165, 1.54) is 0 Å². The number of aliphatic carboxylic acids is 3. The molecule has 2 atom stereocenters. The smallest absolute Gasteiger partial charge is 0.326 e. The molecule has 10 heteroatoms. The van der Waals surface area contributed by atoms with Crippen LogP contribution in [0.15, 0.2) is 0 Å². The van der Waals surface area contributed by atoms with Crippen molar-refractivity contribution >= 4 is 47.9 Å². The van der Waals surface area contributed by atoms with Crippen molar-refractivity contribution in [3.8, 4) is 0 Å². The molecule has 0 fully saturated rings. The quantitative estimate of drug-likeness (QED) is 0.250. The highest BCUT2D eigenvalue weighted by Gasteiger charge is 2.20. The highest BCUT2D eigenvalue weighted by Crippen LogP contribution is 1.98. The number of carboxylic acid groups (broad SMARTS) is 3. The van der Waals surface area contributed by atoms with Crippen LogP contribution in [0.4, 0.5) is 0 Å². The van der Waals surface area contributed by atoms with Crippen LogP contribution in [-0.4, -0.2) is 56.2 Å². The van der Waals surface area contributed by atoms with Gasteiger partial charge in [0, 0.05) is 13.0 Å². The summed E-state index contributed by atoms with van der Waals surface area (Å²) < 4.78 is 0. The summed E-state index contributed by atoms with van der Waals surface area (Å²) in [6.45, 7) is -0.0878. The summed E-state index contributed by atoms with van der Waals surface area (Å²) in [6.07, 6.45) is -0.466. The molecule has 0 aromatic carbocycles. The van der Waals surface area contributed by atoms with Gasteiger partial charge in [0.15, 0.2) is 5.11 Å². The van der Waals surface area contributed by atoms with Crippen LogP contribution in [0.2, 0.25) is 0 Å². The summed E-state index contributed by atoms with van der Waals surface area (Å²) in [5, 5.41) is 29.7. The minimum Gasteiger partial charge on any atom is -0.481 e. The Balaban J connectivity index is 4.20. The second-order valence-electron chi connectivity index (χ2n) is 3.53. The third-order valence-electron chi connectivity index (χ3n) is 1.99. The SMILES string of the molecule is O=C(O)CCC(NC(=S)NC[C@H](S)C(=O)O)C(=O)O. The highest BCUT2D eigenvalue weighted by atomic mass is 32.1. The molecule has 108 valence electrons. The van der Waals surface area contributed by atoms with E-state index in [2.05, 4.69) is 23.3 Å². The van der Waals surface area contributed by atoms with Crippen LogP contribution in [0, 0.1) is 0 Å². The van der Waals surface area contributed by atoms with E-state index in [4.69, 9.17) is 27.5 Å². The first-order valence-electron chi connectivity index (χ1n) is 5.14. The molecule has 0 aliphatic heterocycles. The first kappa shape index (κ1) is 17.4. The Kier molecular flexibility index (Phi) is 7.84. The molecule has 0 bridgehead atoms. The van der Waals surface area contributed by atoms with E-state index < -0.39 is 29.2 Å². The molecule has 19 heavy (non-hydrogen) atoms. The molecule has 0 amide bonds. The molecular weight excluding hydrogens is 296 g/mol. The Morgan fingerprint density at radius 3 is 2.16 bits per heavy atom. The third kappa shape index (κ3) is 8.21. The number of nitrogens with one attached hydrogen (secondary N) is 2. The van der Waals surface area contributed by atoms with Crippen molar-refractivity contribution in [1.29, 1.82) is 0 Å². The van der Waals surface area contributed by atoms with Crippen molar-refractivity contribution in [2.24, 2.45) is 0 Å². The first-order chi connectivity index (χ1) is 8.73. The number of hydrogen-bond acceptors (Lipinski definition) is 5. The zero-order valence-electron chi connectivity index (χ0n) is 9.70. The van der Waals surface area contributed by atoms with E-state index in [0.29, 0.717) is 0 Å². The Labute approximate surface area is 119 Å². The van der Waals surface area contributed by atoms with Gasteiger partial charge in [0.25, 0.3) is 0 Å². The van der Waals surface area contributed by atoms with E-state index in [9.17, 15) is 14.4 Å². The predicted molar refractivity (Wildman–Crippen MR) is 72.4 cm³/mol. The molecule has 0 spiro atoms. The fourth-order valence-corrected chi connectivity index (χ4v) is 1.33. The van der Waals surface area contributed by atoms with E-state index in [1.807, 2.05) is 0 Å². The number of hydrogen-bond donors (Lipinski definition) is 6. The van der Waals surface area contributed by atoms with Gasteiger partial charge in [-0.3, -0.25) is 9.59 Å². The molecule has 0 saturated carbocycles. The molecule has 0 aromatic heterocycles. The minimum atomic E-state index is -1.24. The number of rotatable bonds is 8. The standard InChI is InChI=1S/C9H14N2O6S2/c12-6(13)2-1-4(7(14)15)11-9(19)10-3-5(18)8(16)17/h4-5,18H,1-3H2,(H,12,13)(H,14,15)(H,16,17)(H2,10,11,19)/t4?,5-/m0/s1. The maximum absolute atomic E-state index is 10.8. The lowest BCUT2D eigenvalue weighted by atomic mass is 10.1. The maximum atomic E-state index is 10.8. The van der Waals surface area contributed by atoms with E-state index in [-0.39, 0.29) is 24.5 Å². The second-order valence-corrected chi connectivity index (χ2v) is 4.56. The summed E-state index contributed by atoms with van der Waals surface area (Å²) in [5.74, 6) is -3.50. The van der Waals surface area contributed by atoms with Crippen molar-refractivity contribution in [3.05, 3.63) is 0 Å². The van der Waals surface area contributed by atoms with E-state index in [1.54, 1.807) is 0 Å². The average Bonchev–Trinajstić information content (AvgIpc) is 2.30. The molecule has 0 rings (SSSR count). The lowest BCUT2D eigenvalue weighted by molar-refractivity contribution is -0.140. The summed E-state index contributed by atoms with van der Waals surface area (Å²) in [7, 11) is 0. The summed E-state index contributed by atoms with van der Waals surface area (Å²) in [4.78, 5) is 31.7. The van der Waals surface area contributed by atoms with Crippen LogP contribution in [0.1, 0.15) is 12.8 Å². The molecule has 1 unspecified atom stereocenters. The minimum absolute atomic E-state index is 0.0712. The molecule has 0 aromatic rings. The van der Waals surface area contributed by atoms with Gasteiger partial charge in [0.05, 0.1) is 0 Å². The zero-order chi connectivity index (χ0) is 15.0. The molecule has 0 aliphatic rings. The van der Waals surface area contributed by atoms with Gasteiger partial charge in [0.2, 0.25) is 0 Å². The van der Waals surface area contributed by atoms with Crippen LogP contribution in [0.5, 0.6) is 0 Å². The van der Waals surface area contributed by atoms with E-state index >= 15 is 0 Å². The predicted octanol–water partition coefficient (Wildman–Crippen LogP) is -0.848. The van der Waals surface area contributed by atoms with Gasteiger partial charge in [-0.2, -0.15) is 12.6 Å². The molecule has 0 aliphatic carbocycles. The fraction of sp³-hybridized carbons (Fsp3) is 0.556. The van der Waals surface area contributed by atoms with Crippen LogP contribution >= 0.6 is 24.8 Å². The van der Waals surface area contributed by atoms with Crippen LogP contribution in [-0.2, 0) is 14.4 Å². The normalized spacial score (nSPS) is 13.1. The topological polar surface area (TPSA) is 136 Å². The van der Waals surface area contributed by atoms with Gasteiger partial charge in [-0.25, -0.2) is 4.79 Å². The molecule has 0 heterocycles. The lowest BCUT2D eigenvalue weighted by Gasteiger charge is -2.17.